The van der Waals surface area contributed by atoms with E-state index in [-0.39, 0.29) is 11.7 Å². The van der Waals surface area contributed by atoms with Crippen LogP contribution in [-0.4, -0.2) is 25.4 Å². The number of nitrogens with zero attached hydrogens (tertiary/aromatic N) is 4. The normalized spacial score (nSPS) is 11.0. The SMILES string of the molecule is O=C(NCc1ccccn1)c1ccc(Cn2c(SCc3ccc(F)cc3)nc3cccnc32)cc1. The maximum atomic E-state index is 13.2. The second-order valence-electron chi connectivity index (χ2n) is 7.94. The monoisotopic (exact) mass is 483 g/mol. The molecule has 5 aromatic rings. The molecule has 0 aliphatic carbocycles. The fourth-order valence-corrected chi connectivity index (χ4v) is 4.60. The van der Waals surface area contributed by atoms with Crippen LogP contribution in [0.1, 0.15) is 27.2 Å². The number of rotatable bonds is 8. The maximum absolute atomic E-state index is 13.2. The van der Waals surface area contributed by atoms with E-state index in [1.54, 1.807) is 36.3 Å². The molecular weight excluding hydrogens is 461 g/mol. The molecule has 0 unspecified atom stereocenters. The van der Waals surface area contributed by atoms with E-state index in [0.29, 0.717) is 24.4 Å². The summed E-state index contributed by atoms with van der Waals surface area (Å²) in [4.78, 5) is 26.0. The van der Waals surface area contributed by atoms with E-state index >= 15 is 0 Å². The number of carbonyl (C=O) groups is 1. The Labute approximate surface area is 206 Å². The lowest BCUT2D eigenvalue weighted by Crippen LogP contribution is -2.23. The van der Waals surface area contributed by atoms with Gasteiger partial charge in [-0.05, 0) is 59.7 Å². The van der Waals surface area contributed by atoms with Crippen LogP contribution in [0, 0.1) is 5.82 Å². The molecule has 0 aliphatic heterocycles. The summed E-state index contributed by atoms with van der Waals surface area (Å²) in [5.41, 5.74) is 5.06. The second-order valence-corrected chi connectivity index (χ2v) is 8.88. The summed E-state index contributed by atoms with van der Waals surface area (Å²) in [5, 5.41) is 3.73. The summed E-state index contributed by atoms with van der Waals surface area (Å²) in [6.45, 7) is 0.942. The van der Waals surface area contributed by atoms with Gasteiger partial charge in [0.25, 0.3) is 5.91 Å². The average molecular weight is 484 g/mol. The summed E-state index contributed by atoms with van der Waals surface area (Å²) >= 11 is 1.58. The highest BCUT2D eigenvalue weighted by Gasteiger charge is 2.14. The standard InChI is InChI=1S/C27H22FN5OS/c28-22-12-8-20(9-13-22)18-35-27-32-24-5-3-15-30-25(24)33(27)17-19-6-10-21(11-7-19)26(34)31-16-23-4-1-2-14-29-23/h1-15H,16-18H2,(H,31,34). The smallest absolute Gasteiger partial charge is 0.251 e. The number of fused-ring (bicyclic) bond motifs is 1. The third-order valence-corrected chi connectivity index (χ3v) is 6.51. The zero-order chi connectivity index (χ0) is 24.0. The van der Waals surface area contributed by atoms with Crippen LogP contribution < -0.4 is 5.32 Å². The molecule has 0 fully saturated rings. The molecule has 5 rings (SSSR count). The van der Waals surface area contributed by atoms with Crippen LogP contribution in [0.3, 0.4) is 0 Å². The van der Waals surface area contributed by atoms with Crippen LogP contribution in [0.15, 0.2) is 96.4 Å². The van der Waals surface area contributed by atoms with Gasteiger partial charge in [0.2, 0.25) is 0 Å². The van der Waals surface area contributed by atoms with E-state index < -0.39 is 0 Å². The average Bonchev–Trinajstić information content (AvgIpc) is 3.25. The third-order valence-electron chi connectivity index (χ3n) is 5.46. The van der Waals surface area contributed by atoms with Crippen LogP contribution in [0.25, 0.3) is 11.2 Å². The Balaban J connectivity index is 1.30. The fraction of sp³-hybridized carbons (Fsp3) is 0.111. The molecule has 0 saturated carbocycles. The Bertz CT molecular complexity index is 1440. The molecule has 8 heteroatoms. The third kappa shape index (κ3) is 5.55. The maximum Gasteiger partial charge on any atom is 0.251 e. The number of hydrogen-bond donors (Lipinski definition) is 1. The van der Waals surface area contributed by atoms with Gasteiger partial charge in [-0.25, -0.2) is 14.4 Å². The van der Waals surface area contributed by atoms with Crippen molar-refractivity contribution in [2.45, 2.75) is 24.0 Å². The highest BCUT2D eigenvalue weighted by Crippen LogP contribution is 2.27. The lowest BCUT2D eigenvalue weighted by molar-refractivity contribution is 0.0950. The van der Waals surface area contributed by atoms with Crippen LogP contribution >= 0.6 is 11.8 Å². The molecule has 0 atom stereocenters. The number of aromatic nitrogens is 4. The van der Waals surface area contributed by atoms with Gasteiger partial charge in [0.15, 0.2) is 10.8 Å². The largest absolute Gasteiger partial charge is 0.346 e. The van der Waals surface area contributed by atoms with Gasteiger partial charge < -0.3 is 5.32 Å². The number of pyridine rings is 2. The van der Waals surface area contributed by atoms with Crippen LogP contribution in [-0.2, 0) is 18.8 Å². The summed E-state index contributed by atoms with van der Waals surface area (Å²) in [6, 6.07) is 23.4. The topological polar surface area (TPSA) is 72.7 Å². The minimum atomic E-state index is -0.246. The highest BCUT2D eigenvalue weighted by molar-refractivity contribution is 7.98. The van der Waals surface area contributed by atoms with Crippen LogP contribution in [0.4, 0.5) is 4.39 Å². The molecule has 1 amide bonds. The molecule has 0 aliphatic rings. The minimum absolute atomic E-state index is 0.146. The van der Waals surface area contributed by atoms with Crippen molar-refractivity contribution in [1.29, 1.82) is 0 Å². The number of amides is 1. The Kier molecular flexibility index (Phi) is 6.81. The first-order valence-electron chi connectivity index (χ1n) is 11.1. The van der Waals surface area contributed by atoms with Gasteiger partial charge in [0, 0.05) is 23.7 Å². The number of carbonyl (C=O) groups excluding carboxylic acids is 1. The van der Waals surface area contributed by atoms with Gasteiger partial charge in [0.1, 0.15) is 11.3 Å². The number of nitrogens with one attached hydrogen (secondary N) is 1. The van der Waals surface area contributed by atoms with Crippen molar-refractivity contribution in [3.05, 3.63) is 119 Å². The van der Waals surface area contributed by atoms with Gasteiger partial charge in [-0.3, -0.25) is 14.3 Å². The van der Waals surface area contributed by atoms with Crippen LogP contribution in [0.5, 0.6) is 0 Å². The minimum Gasteiger partial charge on any atom is -0.346 e. The van der Waals surface area contributed by atoms with Crippen molar-refractivity contribution in [1.82, 2.24) is 24.8 Å². The number of benzene rings is 2. The quantitative estimate of drug-likeness (QED) is 0.306. The Hall–Kier alpha value is -4.04. The van der Waals surface area contributed by atoms with E-state index in [1.165, 1.54) is 12.1 Å². The van der Waals surface area contributed by atoms with E-state index in [0.717, 1.165) is 33.1 Å². The molecule has 2 aromatic carbocycles. The van der Waals surface area contributed by atoms with Gasteiger partial charge in [0.05, 0.1) is 18.8 Å². The Morgan fingerprint density at radius 2 is 1.66 bits per heavy atom. The summed E-state index contributed by atoms with van der Waals surface area (Å²) in [6.07, 6.45) is 3.46. The van der Waals surface area contributed by atoms with Gasteiger partial charge in [-0.2, -0.15) is 0 Å². The highest BCUT2D eigenvalue weighted by atomic mass is 32.2. The molecule has 174 valence electrons. The van der Waals surface area contributed by atoms with E-state index in [2.05, 4.69) is 19.9 Å². The van der Waals surface area contributed by atoms with Crippen molar-refractivity contribution in [3.63, 3.8) is 0 Å². The number of halogens is 1. The number of thioether (sulfide) groups is 1. The molecule has 0 saturated heterocycles. The van der Waals surface area contributed by atoms with Gasteiger partial charge in [-0.15, -0.1) is 0 Å². The zero-order valence-corrected chi connectivity index (χ0v) is 19.6. The molecule has 3 aromatic heterocycles. The molecule has 35 heavy (non-hydrogen) atoms. The summed E-state index contributed by atoms with van der Waals surface area (Å²) in [7, 11) is 0. The first-order valence-corrected chi connectivity index (χ1v) is 12.1. The molecule has 0 bridgehead atoms. The summed E-state index contributed by atoms with van der Waals surface area (Å²) in [5.74, 6) is 0.274. The Morgan fingerprint density at radius 3 is 2.43 bits per heavy atom. The molecule has 0 radical (unpaired) electrons. The lowest BCUT2D eigenvalue weighted by Gasteiger charge is -2.10. The van der Waals surface area contributed by atoms with Gasteiger partial charge >= 0.3 is 0 Å². The first kappa shape index (κ1) is 22.7. The number of imidazole rings is 1. The van der Waals surface area contributed by atoms with Crippen molar-refractivity contribution in [2.75, 3.05) is 0 Å². The number of hydrogen-bond acceptors (Lipinski definition) is 5. The van der Waals surface area contributed by atoms with Crippen molar-refractivity contribution < 1.29 is 9.18 Å². The zero-order valence-electron chi connectivity index (χ0n) is 18.8. The van der Waals surface area contributed by atoms with Crippen molar-refractivity contribution in [2.24, 2.45) is 0 Å². The van der Waals surface area contributed by atoms with Crippen LogP contribution in [0.2, 0.25) is 0 Å². The predicted octanol–water partition coefficient (Wildman–Crippen LogP) is 5.24. The molecular formula is C27H22FN5OS. The first-order chi connectivity index (χ1) is 17.2. The molecule has 1 N–H and O–H groups in total. The van der Waals surface area contributed by atoms with E-state index in [4.69, 9.17) is 4.98 Å². The summed E-state index contributed by atoms with van der Waals surface area (Å²) < 4.78 is 15.3. The fourth-order valence-electron chi connectivity index (χ4n) is 3.64. The second kappa shape index (κ2) is 10.5. The predicted molar refractivity (Wildman–Crippen MR) is 134 cm³/mol. The lowest BCUT2D eigenvalue weighted by atomic mass is 10.1. The Morgan fingerprint density at radius 1 is 0.886 bits per heavy atom. The molecule has 0 spiro atoms. The van der Waals surface area contributed by atoms with E-state index in [9.17, 15) is 9.18 Å². The molecule has 3 heterocycles. The van der Waals surface area contributed by atoms with Gasteiger partial charge in [-0.1, -0.05) is 42.1 Å². The molecule has 6 nitrogen and oxygen atoms in total. The van der Waals surface area contributed by atoms with E-state index in [1.807, 2.05) is 54.6 Å². The van der Waals surface area contributed by atoms with Crippen molar-refractivity contribution in [3.8, 4) is 0 Å². The van der Waals surface area contributed by atoms with Crippen molar-refractivity contribution >= 4 is 28.8 Å².